The Morgan fingerprint density at radius 1 is 1.06 bits per heavy atom. The van der Waals surface area contributed by atoms with Crippen LogP contribution in [0.5, 0.6) is 0 Å². The molecule has 0 spiro atoms. The van der Waals surface area contributed by atoms with Crippen molar-refractivity contribution in [1.29, 1.82) is 0 Å². The van der Waals surface area contributed by atoms with Gasteiger partial charge >= 0.3 is 0 Å². The number of aliphatic hydroxyl groups excluding tert-OH is 1. The molecule has 0 unspecified atom stereocenters. The second kappa shape index (κ2) is 9.29. The van der Waals surface area contributed by atoms with Crippen molar-refractivity contribution in [3.63, 3.8) is 0 Å². The van der Waals surface area contributed by atoms with Crippen molar-refractivity contribution in [2.75, 3.05) is 6.61 Å². The van der Waals surface area contributed by atoms with Crippen molar-refractivity contribution in [2.45, 2.75) is 26.3 Å². The molecule has 0 amide bonds. The first-order valence-corrected chi connectivity index (χ1v) is 10.7. The lowest BCUT2D eigenvalue weighted by Gasteiger charge is -2.20. The standard InChI is InChI=1S/C25H22ClF2N3O2/c1-15-5-17(3-4-23(15)30-11-16(2)29-14-30)6-19-7-20(26)12-31(25(19)33)24(13-32)18-8-21(27)10-22(28)9-18/h3-5,7-12,14,24,32H,6,13H2,1-2H3/t24-/m0/s1. The van der Waals surface area contributed by atoms with Crippen molar-refractivity contribution < 1.29 is 13.9 Å². The molecular weight excluding hydrogens is 448 g/mol. The predicted molar refractivity (Wildman–Crippen MR) is 123 cm³/mol. The number of aryl methyl sites for hydroxylation is 2. The minimum absolute atomic E-state index is 0.140. The molecule has 1 N–H and O–H groups in total. The quantitative estimate of drug-likeness (QED) is 0.443. The number of aromatic nitrogens is 3. The second-order valence-corrected chi connectivity index (χ2v) is 8.45. The summed E-state index contributed by atoms with van der Waals surface area (Å²) < 4.78 is 30.6. The Kier molecular flexibility index (Phi) is 6.44. The maximum Gasteiger partial charge on any atom is 0.254 e. The third kappa shape index (κ3) is 4.89. The molecule has 0 bridgehead atoms. The Hall–Kier alpha value is -3.29. The largest absolute Gasteiger partial charge is 0.394 e. The molecule has 2 heterocycles. The molecule has 4 rings (SSSR count). The summed E-state index contributed by atoms with van der Waals surface area (Å²) in [7, 11) is 0. The first kappa shape index (κ1) is 22.9. The summed E-state index contributed by atoms with van der Waals surface area (Å²) in [6.45, 7) is 3.37. The van der Waals surface area contributed by atoms with Gasteiger partial charge in [0.25, 0.3) is 5.56 Å². The van der Waals surface area contributed by atoms with Gasteiger partial charge in [-0.15, -0.1) is 0 Å². The smallest absolute Gasteiger partial charge is 0.254 e. The summed E-state index contributed by atoms with van der Waals surface area (Å²) in [5.74, 6) is -1.58. The minimum atomic E-state index is -0.978. The minimum Gasteiger partial charge on any atom is -0.394 e. The fraction of sp³-hybridized carbons (Fsp3) is 0.200. The Balaban J connectivity index is 1.70. The predicted octanol–water partition coefficient (Wildman–Crippen LogP) is 4.75. The highest BCUT2D eigenvalue weighted by molar-refractivity contribution is 6.30. The van der Waals surface area contributed by atoms with Crippen LogP contribution < -0.4 is 5.56 Å². The van der Waals surface area contributed by atoms with Crippen LogP contribution in [0.25, 0.3) is 5.69 Å². The lowest BCUT2D eigenvalue weighted by atomic mass is 10.0. The van der Waals surface area contributed by atoms with Crippen molar-refractivity contribution in [3.05, 3.63) is 116 Å². The fourth-order valence-electron chi connectivity index (χ4n) is 3.99. The van der Waals surface area contributed by atoms with Gasteiger partial charge in [0, 0.05) is 36.1 Å². The molecule has 0 aliphatic heterocycles. The van der Waals surface area contributed by atoms with Gasteiger partial charge in [-0.1, -0.05) is 23.7 Å². The van der Waals surface area contributed by atoms with E-state index in [1.807, 2.05) is 42.8 Å². The van der Waals surface area contributed by atoms with E-state index in [1.165, 1.54) is 10.8 Å². The molecule has 2 aromatic carbocycles. The van der Waals surface area contributed by atoms with Gasteiger partial charge in [-0.2, -0.15) is 0 Å². The number of aliphatic hydroxyl groups is 1. The van der Waals surface area contributed by atoms with Gasteiger partial charge in [-0.05, 0) is 54.8 Å². The third-order valence-corrected chi connectivity index (χ3v) is 5.71. The van der Waals surface area contributed by atoms with E-state index in [1.54, 1.807) is 12.4 Å². The van der Waals surface area contributed by atoms with Gasteiger partial charge in [0.1, 0.15) is 11.6 Å². The van der Waals surface area contributed by atoms with E-state index in [9.17, 15) is 18.7 Å². The van der Waals surface area contributed by atoms with Crippen LogP contribution in [0.2, 0.25) is 5.02 Å². The van der Waals surface area contributed by atoms with Crippen LogP contribution in [-0.4, -0.2) is 25.8 Å². The van der Waals surface area contributed by atoms with E-state index in [2.05, 4.69) is 4.98 Å². The van der Waals surface area contributed by atoms with Crippen LogP contribution in [0.4, 0.5) is 8.78 Å². The molecule has 33 heavy (non-hydrogen) atoms. The number of hydrogen-bond acceptors (Lipinski definition) is 3. The fourth-order valence-corrected chi connectivity index (χ4v) is 4.23. The number of pyridine rings is 1. The molecule has 0 aliphatic rings. The van der Waals surface area contributed by atoms with Gasteiger partial charge in [-0.3, -0.25) is 4.79 Å². The van der Waals surface area contributed by atoms with E-state index in [-0.39, 0.29) is 10.6 Å². The molecule has 2 aromatic heterocycles. The van der Waals surface area contributed by atoms with Gasteiger partial charge < -0.3 is 14.2 Å². The SMILES string of the molecule is Cc1cn(-c2ccc(Cc3cc(Cl)cn([C@@H](CO)c4cc(F)cc(F)c4)c3=O)cc2C)cn1. The Bertz CT molecular complexity index is 1360. The first-order chi connectivity index (χ1) is 15.7. The van der Waals surface area contributed by atoms with Crippen molar-refractivity contribution in [1.82, 2.24) is 14.1 Å². The molecule has 4 aromatic rings. The lowest BCUT2D eigenvalue weighted by molar-refractivity contribution is 0.246. The van der Waals surface area contributed by atoms with Crippen LogP contribution in [0.1, 0.15) is 34.0 Å². The van der Waals surface area contributed by atoms with Gasteiger partial charge in [0.15, 0.2) is 0 Å². The number of nitrogens with zero attached hydrogens (tertiary/aromatic N) is 3. The third-order valence-electron chi connectivity index (χ3n) is 5.51. The highest BCUT2D eigenvalue weighted by Crippen LogP contribution is 2.23. The summed E-state index contributed by atoms with van der Waals surface area (Å²) in [5, 5.41) is 10.2. The molecule has 0 saturated heterocycles. The van der Waals surface area contributed by atoms with E-state index in [4.69, 9.17) is 11.6 Å². The topological polar surface area (TPSA) is 60.0 Å². The summed E-state index contributed by atoms with van der Waals surface area (Å²) >= 11 is 6.28. The van der Waals surface area contributed by atoms with Crippen LogP contribution in [0.15, 0.2) is 66.0 Å². The van der Waals surface area contributed by atoms with Crippen LogP contribution in [0.3, 0.4) is 0 Å². The van der Waals surface area contributed by atoms with E-state index in [0.717, 1.165) is 40.7 Å². The Morgan fingerprint density at radius 2 is 1.79 bits per heavy atom. The molecule has 0 saturated carbocycles. The van der Waals surface area contributed by atoms with Crippen LogP contribution in [0, 0.1) is 25.5 Å². The molecule has 8 heteroatoms. The number of benzene rings is 2. The molecule has 0 fully saturated rings. The number of hydrogen-bond donors (Lipinski definition) is 1. The highest BCUT2D eigenvalue weighted by Gasteiger charge is 2.19. The zero-order chi connectivity index (χ0) is 23.7. The normalized spacial score (nSPS) is 12.2. The zero-order valence-electron chi connectivity index (χ0n) is 18.1. The average Bonchev–Trinajstić information content (AvgIpc) is 3.17. The zero-order valence-corrected chi connectivity index (χ0v) is 18.9. The molecule has 1 atom stereocenters. The lowest BCUT2D eigenvalue weighted by Crippen LogP contribution is -2.30. The maximum atomic E-state index is 13.7. The molecule has 5 nitrogen and oxygen atoms in total. The first-order valence-electron chi connectivity index (χ1n) is 10.3. The number of rotatable bonds is 6. The molecule has 0 radical (unpaired) electrons. The summed E-state index contributed by atoms with van der Waals surface area (Å²) in [6.07, 6.45) is 5.35. The summed E-state index contributed by atoms with van der Waals surface area (Å²) in [4.78, 5) is 17.5. The van der Waals surface area contributed by atoms with E-state index in [0.29, 0.717) is 12.0 Å². The van der Waals surface area contributed by atoms with E-state index >= 15 is 0 Å². The number of imidazole rings is 1. The van der Waals surface area contributed by atoms with Crippen molar-refractivity contribution in [3.8, 4) is 5.69 Å². The van der Waals surface area contributed by atoms with Crippen LogP contribution >= 0.6 is 11.6 Å². The summed E-state index contributed by atoms with van der Waals surface area (Å²) in [6, 6.07) is 9.39. The Morgan fingerprint density at radius 3 is 2.39 bits per heavy atom. The van der Waals surface area contributed by atoms with E-state index < -0.39 is 29.8 Å². The second-order valence-electron chi connectivity index (χ2n) is 8.02. The Labute approximate surface area is 194 Å². The van der Waals surface area contributed by atoms with Gasteiger partial charge in [0.05, 0.1) is 29.7 Å². The maximum absolute atomic E-state index is 13.7. The highest BCUT2D eigenvalue weighted by atomic mass is 35.5. The van der Waals surface area contributed by atoms with Crippen molar-refractivity contribution in [2.24, 2.45) is 0 Å². The molecule has 0 aliphatic carbocycles. The summed E-state index contributed by atoms with van der Waals surface area (Å²) in [5.41, 5.74) is 3.96. The number of halogens is 3. The molecule has 170 valence electrons. The van der Waals surface area contributed by atoms with Gasteiger partial charge in [-0.25, -0.2) is 13.8 Å². The van der Waals surface area contributed by atoms with Crippen LogP contribution in [-0.2, 0) is 6.42 Å². The van der Waals surface area contributed by atoms with Crippen molar-refractivity contribution >= 4 is 11.6 Å². The monoisotopic (exact) mass is 469 g/mol. The molecular formula is C25H22ClF2N3O2. The van der Waals surface area contributed by atoms with Gasteiger partial charge in [0.2, 0.25) is 0 Å². The average molecular weight is 470 g/mol.